The number of ether oxygens (including phenoxy) is 1. The van der Waals surface area contributed by atoms with Gasteiger partial charge in [-0.1, -0.05) is 0 Å². The zero-order valence-corrected chi connectivity index (χ0v) is 6.51. The second-order valence-corrected chi connectivity index (χ2v) is 2.52. The van der Waals surface area contributed by atoms with Gasteiger partial charge in [-0.3, -0.25) is 4.79 Å². The first-order valence-electron chi connectivity index (χ1n) is 3.95. The maximum absolute atomic E-state index is 9.96. The number of carbonyl (C=O) groups excluding carboxylic acids is 1. The molecule has 0 aromatic heterocycles. The molecule has 0 bridgehead atoms. The predicted molar refractivity (Wildman–Crippen MR) is 42.0 cm³/mol. The van der Waals surface area contributed by atoms with Crippen LogP contribution in [0.25, 0.3) is 0 Å². The molecule has 2 rings (SSSR count). The maximum Gasteiger partial charge on any atom is 0.314 e. The van der Waals surface area contributed by atoms with Gasteiger partial charge in [0.25, 0.3) is 0 Å². The number of hydrogen-bond acceptors (Lipinski definition) is 3. The van der Waals surface area contributed by atoms with E-state index in [1.165, 1.54) is 32.2 Å². The molecule has 0 aromatic carbocycles. The lowest BCUT2D eigenvalue weighted by Gasteiger charge is -1.78. The first-order valence-corrected chi connectivity index (χ1v) is 3.95. The highest BCUT2D eigenvalue weighted by molar-refractivity contribution is 5.73. The fourth-order valence-corrected chi connectivity index (χ4v) is 0.941. The summed E-state index contributed by atoms with van der Waals surface area (Å²) >= 11 is 0. The van der Waals surface area contributed by atoms with Gasteiger partial charge in [-0.05, 0) is 32.0 Å². The smallest absolute Gasteiger partial charge is 0.314 e. The van der Waals surface area contributed by atoms with Gasteiger partial charge in [0.2, 0.25) is 0 Å². The molecule has 2 aliphatic rings. The van der Waals surface area contributed by atoms with Crippen LogP contribution < -0.4 is 5.32 Å². The van der Waals surface area contributed by atoms with Crippen LogP contribution in [-0.2, 0) is 9.53 Å². The van der Waals surface area contributed by atoms with Crippen LogP contribution in [0.3, 0.4) is 0 Å². The zero-order chi connectivity index (χ0) is 7.94. The van der Waals surface area contributed by atoms with Crippen molar-refractivity contribution in [3.63, 3.8) is 0 Å². The topological polar surface area (TPSA) is 38.3 Å². The molecule has 0 saturated carbocycles. The summed E-state index contributed by atoms with van der Waals surface area (Å²) in [5.41, 5.74) is 0. The van der Waals surface area contributed by atoms with Crippen molar-refractivity contribution in [2.75, 3.05) is 13.1 Å². The van der Waals surface area contributed by atoms with E-state index in [1.54, 1.807) is 6.08 Å². The molecule has 0 atom stereocenters. The maximum atomic E-state index is 9.96. The van der Waals surface area contributed by atoms with E-state index in [0.717, 1.165) is 0 Å². The predicted octanol–water partition coefficient (Wildman–Crippen LogP) is 0.817. The standard InChI is InChI=1S/C4H9N.C4H4O2/c1-2-4-5-3-1;5-4-2-1-3-6-4/h5H,1-4H2;1,3H,2H2. The van der Waals surface area contributed by atoms with Gasteiger partial charge in [0.05, 0.1) is 12.7 Å². The second-order valence-electron chi connectivity index (χ2n) is 2.52. The summed E-state index contributed by atoms with van der Waals surface area (Å²) < 4.78 is 4.33. The molecule has 2 heterocycles. The molecule has 1 saturated heterocycles. The lowest BCUT2D eigenvalue weighted by atomic mass is 10.4. The van der Waals surface area contributed by atoms with Crippen molar-refractivity contribution in [2.24, 2.45) is 0 Å². The highest BCUT2D eigenvalue weighted by atomic mass is 16.5. The third kappa shape index (κ3) is 3.78. The molecule has 11 heavy (non-hydrogen) atoms. The first-order chi connectivity index (χ1) is 5.39. The Morgan fingerprint density at radius 1 is 1.36 bits per heavy atom. The normalized spacial score (nSPS) is 20.9. The first kappa shape index (κ1) is 8.27. The molecule has 62 valence electrons. The van der Waals surface area contributed by atoms with Gasteiger partial charge in [-0.15, -0.1) is 0 Å². The van der Waals surface area contributed by atoms with Crippen LogP contribution in [-0.4, -0.2) is 19.1 Å². The van der Waals surface area contributed by atoms with Crippen LogP contribution in [0.1, 0.15) is 19.3 Å². The third-order valence-electron chi connectivity index (χ3n) is 1.54. The molecule has 2 aliphatic heterocycles. The molecule has 1 N–H and O–H groups in total. The van der Waals surface area contributed by atoms with Crippen molar-refractivity contribution in [1.29, 1.82) is 0 Å². The lowest BCUT2D eigenvalue weighted by molar-refractivity contribution is -0.135. The minimum absolute atomic E-state index is 0.157. The molecular weight excluding hydrogens is 142 g/mol. The van der Waals surface area contributed by atoms with Crippen molar-refractivity contribution < 1.29 is 9.53 Å². The third-order valence-corrected chi connectivity index (χ3v) is 1.54. The molecular formula is C8H13NO2. The number of cyclic esters (lactones) is 1. The van der Waals surface area contributed by atoms with Gasteiger partial charge in [-0.25, -0.2) is 0 Å². The number of hydrogen-bond donors (Lipinski definition) is 1. The Bertz CT molecular complexity index is 133. The van der Waals surface area contributed by atoms with Gasteiger partial charge in [0.1, 0.15) is 0 Å². The molecule has 0 aliphatic carbocycles. The van der Waals surface area contributed by atoms with E-state index in [1.807, 2.05) is 0 Å². The SMILES string of the molecule is C1CCNC1.O=C1CC=CO1. The van der Waals surface area contributed by atoms with Crippen molar-refractivity contribution in [3.8, 4) is 0 Å². The van der Waals surface area contributed by atoms with Crippen LogP contribution >= 0.6 is 0 Å². The molecule has 0 amide bonds. The Morgan fingerprint density at radius 3 is 2.27 bits per heavy atom. The van der Waals surface area contributed by atoms with Crippen molar-refractivity contribution >= 4 is 5.97 Å². The van der Waals surface area contributed by atoms with E-state index in [4.69, 9.17) is 0 Å². The quantitative estimate of drug-likeness (QED) is 0.526. The number of carbonyl (C=O) groups is 1. The zero-order valence-electron chi connectivity index (χ0n) is 6.51. The molecule has 3 nitrogen and oxygen atoms in total. The van der Waals surface area contributed by atoms with Crippen LogP contribution in [0.5, 0.6) is 0 Å². The Morgan fingerprint density at radius 2 is 2.09 bits per heavy atom. The molecule has 0 radical (unpaired) electrons. The Hall–Kier alpha value is -0.830. The Labute approximate surface area is 66.4 Å². The molecule has 1 fully saturated rings. The highest BCUT2D eigenvalue weighted by Crippen LogP contribution is 1.96. The van der Waals surface area contributed by atoms with Crippen LogP contribution in [0.2, 0.25) is 0 Å². The number of rotatable bonds is 0. The summed E-state index contributed by atoms with van der Waals surface area (Å²) in [6, 6.07) is 0. The van der Waals surface area contributed by atoms with Crippen molar-refractivity contribution in [2.45, 2.75) is 19.3 Å². The van der Waals surface area contributed by atoms with Gasteiger partial charge in [0, 0.05) is 0 Å². The lowest BCUT2D eigenvalue weighted by Crippen LogP contribution is -2.03. The van der Waals surface area contributed by atoms with E-state index in [0.29, 0.717) is 6.42 Å². The molecule has 3 heteroatoms. The van der Waals surface area contributed by atoms with Crippen molar-refractivity contribution in [1.82, 2.24) is 5.32 Å². The van der Waals surface area contributed by atoms with Crippen LogP contribution in [0, 0.1) is 0 Å². The molecule has 0 unspecified atom stereocenters. The van der Waals surface area contributed by atoms with Gasteiger partial charge in [-0.2, -0.15) is 0 Å². The highest BCUT2D eigenvalue weighted by Gasteiger charge is 2.00. The fourth-order valence-electron chi connectivity index (χ4n) is 0.941. The average Bonchev–Trinajstić information content (AvgIpc) is 2.57. The monoisotopic (exact) mass is 155 g/mol. The number of nitrogens with one attached hydrogen (secondary N) is 1. The van der Waals surface area contributed by atoms with Gasteiger partial charge >= 0.3 is 5.97 Å². The van der Waals surface area contributed by atoms with Gasteiger partial charge < -0.3 is 10.1 Å². The summed E-state index contributed by atoms with van der Waals surface area (Å²) in [6.07, 6.45) is 6.31. The van der Waals surface area contributed by atoms with E-state index >= 15 is 0 Å². The van der Waals surface area contributed by atoms with Crippen molar-refractivity contribution in [3.05, 3.63) is 12.3 Å². The average molecular weight is 155 g/mol. The molecule has 0 spiro atoms. The van der Waals surface area contributed by atoms with E-state index < -0.39 is 0 Å². The summed E-state index contributed by atoms with van der Waals surface area (Å²) in [4.78, 5) is 9.96. The summed E-state index contributed by atoms with van der Waals surface area (Å²) in [5.74, 6) is -0.157. The second kappa shape index (κ2) is 4.91. The summed E-state index contributed by atoms with van der Waals surface area (Å²) in [6.45, 7) is 2.50. The fraction of sp³-hybridized carbons (Fsp3) is 0.625. The van der Waals surface area contributed by atoms with Crippen LogP contribution in [0.15, 0.2) is 12.3 Å². The van der Waals surface area contributed by atoms with E-state index in [9.17, 15) is 4.79 Å². The number of esters is 1. The largest absolute Gasteiger partial charge is 0.435 e. The Kier molecular flexibility index (Phi) is 3.69. The van der Waals surface area contributed by atoms with E-state index in [-0.39, 0.29) is 5.97 Å². The summed E-state index contributed by atoms with van der Waals surface area (Å²) in [5, 5.41) is 3.22. The van der Waals surface area contributed by atoms with Gasteiger partial charge in [0.15, 0.2) is 0 Å². The molecule has 0 aromatic rings. The summed E-state index contributed by atoms with van der Waals surface area (Å²) in [7, 11) is 0. The van der Waals surface area contributed by atoms with E-state index in [2.05, 4.69) is 10.1 Å². The minimum Gasteiger partial charge on any atom is -0.435 e. The Balaban J connectivity index is 0.000000112. The van der Waals surface area contributed by atoms with Crippen LogP contribution in [0.4, 0.5) is 0 Å². The minimum atomic E-state index is -0.157.